The van der Waals surface area contributed by atoms with Gasteiger partial charge < -0.3 is 24.3 Å². The van der Waals surface area contributed by atoms with E-state index in [0.717, 1.165) is 46.7 Å². The van der Waals surface area contributed by atoms with E-state index in [9.17, 15) is 4.79 Å². The van der Waals surface area contributed by atoms with Crippen molar-refractivity contribution in [2.24, 2.45) is 0 Å². The first-order valence-electron chi connectivity index (χ1n) is 13.4. The van der Waals surface area contributed by atoms with E-state index in [-0.39, 0.29) is 24.6 Å². The van der Waals surface area contributed by atoms with Gasteiger partial charge in [0.15, 0.2) is 11.5 Å². The Morgan fingerprint density at radius 2 is 1.77 bits per heavy atom. The van der Waals surface area contributed by atoms with Crippen LogP contribution >= 0.6 is 0 Å². The number of methoxy groups -OCH3 is 3. The standard InChI is InChI=1S/C31H39N3O5/c1-6-21(2)39-28-13-12-26(36-3)24-14-16-34(20-30(35)33-19-23-9-7-8-15-32-23)25(31(24)28)17-22-10-11-27(37-4)29(18-22)38-5/h7-13,15,18,21,25H,6,14,16-17,19-20H2,1-5H3,(H,33,35). The molecule has 0 spiro atoms. The van der Waals surface area contributed by atoms with Crippen molar-refractivity contribution in [1.29, 1.82) is 0 Å². The largest absolute Gasteiger partial charge is 0.496 e. The van der Waals surface area contributed by atoms with Gasteiger partial charge in [0.1, 0.15) is 11.5 Å². The zero-order valence-electron chi connectivity index (χ0n) is 23.5. The molecule has 2 unspecified atom stereocenters. The van der Waals surface area contributed by atoms with E-state index in [1.165, 1.54) is 0 Å². The Balaban J connectivity index is 1.68. The Kier molecular flexibility index (Phi) is 9.65. The van der Waals surface area contributed by atoms with Crippen molar-refractivity contribution in [2.45, 2.75) is 51.8 Å². The average Bonchev–Trinajstić information content (AvgIpc) is 2.97. The van der Waals surface area contributed by atoms with Gasteiger partial charge in [-0.25, -0.2) is 0 Å². The molecule has 2 atom stereocenters. The summed E-state index contributed by atoms with van der Waals surface area (Å²) in [5, 5.41) is 3.03. The summed E-state index contributed by atoms with van der Waals surface area (Å²) in [5.41, 5.74) is 4.11. The molecule has 1 aliphatic heterocycles. The summed E-state index contributed by atoms with van der Waals surface area (Å²) in [4.78, 5) is 19.7. The summed E-state index contributed by atoms with van der Waals surface area (Å²) >= 11 is 0. The van der Waals surface area contributed by atoms with Crippen LogP contribution in [0.5, 0.6) is 23.0 Å². The van der Waals surface area contributed by atoms with Crippen molar-refractivity contribution in [3.05, 3.63) is 77.1 Å². The highest BCUT2D eigenvalue weighted by molar-refractivity contribution is 5.78. The third-order valence-electron chi connectivity index (χ3n) is 7.24. The molecule has 0 bridgehead atoms. The van der Waals surface area contributed by atoms with Gasteiger partial charge in [-0.15, -0.1) is 0 Å². The average molecular weight is 534 g/mol. The van der Waals surface area contributed by atoms with Gasteiger partial charge in [-0.2, -0.15) is 0 Å². The molecule has 2 heterocycles. The molecule has 1 amide bonds. The number of hydrogen-bond donors (Lipinski definition) is 1. The molecule has 3 aromatic rings. The quantitative estimate of drug-likeness (QED) is 0.360. The summed E-state index contributed by atoms with van der Waals surface area (Å²) in [6.07, 6.45) is 4.09. The first kappa shape index (κ1) is 28.2. The Morgan fingerprint density at radius 3 is 2.46 bits per heavy atom. The molecule has 8 nitrogen and oxygen atoms in total. The smallest absolute Gasteiger partial charge is 0.234 e. The zero-order valence-corrected chi connectivity index (χ0v) is 23.5. The maximum Gasteiger partial charge on any atom is 0.234 e. The number of carbonyl (C=O) groups is 1. The van der Waals surface area contributed by atoms with Crippen LogP contribution in [0.2, 0.25) is 0 Å². The van der Waals surface area contributed by atoms with Gasteiger partial charge in [0.25, 0.3) is 0 Å². The van der Waals surface area contributed by atoms with Gasteiger partial charge in [0.2, 0.25) is 5.91 Å². The fraction of sp³-hybridized carbons (Fsp3) is 0.419. The molecular formula is C31H39N3O5. The predicted octanol–water partition coefficient (Wildman–Crippen LogP) is 4.74. The summed E-state index contributed by atoms with van der Waals surface area (Å²) < 4.78 is 23.2. The van der Waals surface area contributed by atoms with E-state index >= 15 is 0 Å². The Labute approximate surface area is 231 Å². The van der Waals surface area contributed by atoms with Gasteiger partial charge >= 0.3 is 0 Å². The lowest BCUT2D eigenvalue weighted by atomic mass is 9.87. The van der Waals surface area contributed by atoms with Crippen molar-refractivity contribution >= 4 is 5.91 Å². The van der Waals surface area contributed by atoms with Crippen molar-refractivity contribution in [3.63, 3.8) is 0 Å². The summed E-state index contributed by atoms with van der Waals surface area (Å²) in [7, 11) is 4.97. The minimum atomic E-state index is -0.110. The summed E-state index contributed by atoms with van der Waals surface area (Å²) in [6.45, 7) is 5.54. The van der Waals surface area contributed by atoms with Crippen LogP contribution in [-0.2, 0) is 24.2 Å². The normalized spacial score (nSPS) is 15.7. The monoisotopic (exact) mass is 533 g/mol. The second kappa shape index (κ2) is 13.3. The SMILES string of the molecule is CCC(C)Oc1ccc(OC)c2c1C(Cc1ccc(OC)c(OC)c1)N(CC(=O)NCc1ccccn1)CC2. The molecular weight excluding hydrogens is 494 g/mol. The molecule has 0 saturated carbocycles. The van der Waals surface area contributed by atoms with E-state index in [1.807, 2.05) is 48.5 Å². The number of pyridine rings is 1. The maximum absolute atomic E-state index is 13.1. The number of hydrogen-bond acceptors (Lipinski definition) is 7. The van der Waals surface area contributed by atoms with Gasteiger partial charge in [-0.05, 0) is 68.1 Å². The Hall–Kier alpha value is -3.78. The van der Waals surface area contributed by atoms with Gasteiger partial charge in [-0.3, -0.25) is 14.7 Å². The molecule has 1 N–H and O–H groups in total. The number of ether oxygens (including phenoxy) is 4. The third-order valence-corrected chi connectivity index (χ3v) is 7.24. The topological polar surface area (TPSA) is 82.2 Å². The number of fused-ring (bicyclic) bond motifs is 1. The van der Waals surface area contributed by atoms with E-state index in [2.05, 4.69) is 29.0 Å². The van der Waals surface area contributed by atoms with Crippen LogP contribution in [0.4, 0.5) is 0 Å². The van der Waals surface area contributed by atoms with Gasteiger partial charge in [0, 0.05) is 29.9 Å². The first-order valence-corrected chi connectivity index (χ1v) is 13.4. The summed E-state index contributed by atoms with van der Waals surface area (Å²) in [6, 6.07) is 15.5. The minimum Gasteiger partial charge on any atom is -0.496 e. The number of carbonyl (C=O) groups excluding carboxylic acids is 1. The molecule has 0 fully saturated rings. The Bertz CT molecular complexity index is 1250. The zero-order chi connectivity index (χ0) is 27.8. The van der Waals surface area contributed by atoms with E-state index < -0.39 is 0 Å². The van der Waals surface area contributed by atoms with Gasteiger partial charge in [-0.1, -0.05) is 19.1 Å². The number of benzene rings is 2. The van der Waals surface area contributed by atoms with Crippen LogP contribution in [-0.4, -0.2) is 56.3 Å². The lowest BCUT2D eigenvalue weighted by molar-refractivity contribution is -0.123. The molecule has 0 saturated heterocycles. The number of rotatable bonds is 12. The molecule has 39 heavy (non-hydrogen) atoms. The molecule has 208 valence electrons. The van der Waals surface area contributed by atoms with Crippen LogP contribution in [0.1, 0.15) is 48.7 Å². The molecule has 0 radical (unpaired) electrons. The van der Waals surface area contributed by atoms with Gasteiger partial charge in [0.05, 0.1) is 46.2 Å². The molecule has 1 aliphatic rings. The number of nitrogens with one attached hydrogen (secondary N) is 1. The fourth-order valence-electron chi connectivity index (χ4n) is 5.02. The second-order valence-electron chi connectivity index (χ2n) is 9.72. The van der Waals surface area contributed by atoms with E-state index in [1.54, 1.807) is 27.5 Å². The molecule has 0 aliphatic carbocycles. The van der Waals surface area contributed by atoms with Crippen LogP contribution in [0, 0.1) is 0 Å². The predicted molar refractivity (Wildman–Crippen MR) is 151 cm³/mol. The van der Waals surface area contributed by atoms with E-state index in [0.29, 0.717) is 31.0 Å². The molecule has 1 aromatic heterocycles. The fourth-order valence-corrected chi connectivity index (χ4v) is 5.02. The summed E-state index contributed by atoms with van der Waals surface area (Å²) in [5.74, 6) is 2.99. The maximum atomic E-state index is 13.1. The van der Waals surface area contributed by atoms with Crippen molar-refractivity contribution in [1.82, 2.24) is 15.2 Å². The Morgan fingerprint density at radius 1 is 1.03 bits per heavy atom. The van der Waals surface area contributed by atoms with Crippen molar-refractivity contribution < 1.29 is 23.7 Å². The van der Waals surface area contributed by atoms with Crippen LogP contribution in [0.3, 0.4) is 0 Å². The number of aromatic nitrogens is 1. The highest BCUT2D eigenvalue weighted by Crippen LogP contribution is 2.43. The molecule has 8 heteroatoms. The van der Waals surface area contributed by atoms with Crippen LogP contribution < -0.4 is 24.3 Å². The van der Waals surface area contributed by atoms with E-state index in [4.69, 9.17) is 18.9 Å². The highest BCUT2D eigenvalue weighted by Gasteiger charge is 2.34. The van der Waals surface area contributed by atoms with Crippen molar-refractivity contribution in [3.8, 4) is 23.0 Å². The minimum absolute atomic E-state index is 0.0475. The highest BCUT2D eigenvalue weighted by atomic mass is 16.5. The number of amides is 1. The molecule has 2 aromatic carbocycles. The van der Waals surface area contributed by atoms with Crippen LogP contribution in [0.25, 0.3) is 0 Å². The number of nitrogens with zero attached hydrogens (tertiary/aromatic N) is 2. The third kappa shape index (κ3) is 6.81. The lowest BCUT2D eigenvalue weighted by Gasteiger charge is -2.39. The molecule has 4 rings (SSSR count). The van der Waals surface area contributed by atoms with Crippen molar-refractivity contribution in [2.75, 3.05) is 34.4 Å². The lowest BCUT2D eigenvalue weighted by Crippen LogP contribution is -2.43. The first-order chi connectivity index (χ1) is 19.0. The second-order valence-corrected chi connectivity index (χ2v) is 9.72. The van der Waals surface area contributed by atoms with Crippen LogP contribution in [0.15, 0.2) is 54.7 Å².